The minimum absolute atomic E-state index is 0.0946. The Morgan fingerprint density at radius 1 is 0.949 bits per heavy atom. The Morgan fingerprint density at radius 2 is 1.49 bits per heavy atom. The average molecular weight is 594 g/mol. The summed E-state index contributed by atoms with van der Waals surface area (Å²) in [5.41, 5.74) is 0.563. The molecule has 2 N–H and O–H groups in total. The average Bonchev–Trinajstić information content (AvgIpc) is 3.43. The maximum absolute atomic E-state index is 13.8. The number of rotatable bonds is 9. The van der Waals surface area contributed by atoms with E-state index < -0.39 is 29.4 Å². The summed E-state index contributed by atoms with van der Waals surface area (Å²) >= 11 is 0.0946. The van der Waals surface area contributed by atoms with E-state index in [1.54, 1.807) is 0 Å². The van der Waals surface area contributed by atoms with E-state index in [-0.39, 0.29) is 20.9 Å². The summed E-state index contributed by atoms with van der Waals surface area (Å²) in [6.07, 6.45) is 0.801. The molecule has 1 aliphatic heterocycles. The van der Waals surface area contributed by atoms with Crippen molar-refractivity contribution in [2.45, 2.75) is 67.5 Å². The molecule has 1 aliphatic rings. The van der Waals surface area contributed by atoms with Crippen LogP contribution < -0.4 is 5.32 Å². The molecule has 3 aromatic carbocycles. The number of hydrogen-bond acceptors (Lipinski definition) is 4. The van der Waals surface area contributed by atoms with Gasteiger partial charge >= 0.3 is 238 Å². The Labute approximate surface area is 237 Å². The number of nitrogens with one attached hydrogen (secondary N) is 1. The van der Waals surface area contributed by atoms with Crippen molar-refractivity contribution in [1.82, 2.24) is 10.2 Å². The second kappa shape index (κ2) is 12.8. The summed E-state index contributed by atoms with van der Waals surface area (Å²) in [4.78, 5) is 28.2. The molecule has 0 aromatic heterocycles. The van der Waals surface area contributed by atoms with Crippen LogP contribution in [0.25, 0.3) is 0 Å². The second-order valence-corrected chi connectivity index (χ2v) is 13.1. The molecule has 1 saturated heterocycles. The van der Waals surface area contributed by atoms with E-state index in [9.17, 15) is 14.7 Å². The first-order valence-corrected chi connectivity index (χ1v) is 15.9. The van der Waals surface area contributed by atoms with Gasteiger partial charge in [-0.25, -0.2) is 0 Å². The summed E-state index contributed by atoms with van der Waals surface area (Å²) in [5, 5.41) is 17.2. The minimum atomic E-state index is -1.45. The number of carbonyl (C=O) groups excluding carboxylic acids is 2. The molecule has 7 heteroatoms. The summed E-state index contributed by atoms with van der Waals surface area (Å²) in [6, 6.07) is 28.1. The number of nitrogens with zero attached hydrogens (tertiary/aromatic N) is 1. The SMILES string of the molecule is CC(C)(C)OC(=O)N1CCC[C@H]1C(=O)N[C@@H](C[Se]Cc1ccccc1)C(O)(c1ccccc1)c1ccccc1. The van der Waals surface area contributed by atoms with Crippen molar-refractivity contribution < 1.29 is 19.4 Å². The third-order valence-electron chi connectivity index (χ3n) is 6.83. The van der Waals surface area contributed by atoms with Gasteiger partial charge in [-0.2, -0.15) is 0 Å². The fourth-order valence-electron chi connectivity index (χ4n) is 4.94. The van der Waals surface area contributed by atoms with Crippen LogP contribution in [0.1, 0.15) is 50.3 Å². The Bertz CT molecular complexity index is 1180. The van der Waals surface area contributed by atoms with Crippen LogP contribution in [0.15, 0.2) is 91.0 Å². The standard InChI is InChI=1S/C32H38N2O4Se/c1-31(2,3)38-30(36)34-21-13-20-27(34)29(35)33-28(23-39-22-24-14-7-4-8-15-24)32(37,25-16-9-5-10-17-25)26-18-11-6-12-19-26/h4-12,14-19,27-28,37H,13,20-23H2,1-3H3,(H,33,35)/t27-,28-/m0/s1. The van der Waals surface area contributed by atoms with Crippen LogP contribution in [0.4, 0.5) is 4.79 Å². The van der Waals surface area contributed by atoms with E-state index in [1.165, 1.54) is 10.5 Å². The molecule has 2 amide bonds. The Balaban J connectivity index is 1.64. The molecule has 2 atom stereocenters. The topological polar surface area (TPSA) is 78.9 Å². The normalized spacial score (nSPS) is 16.5. The first-order valence-electron chi connectivity index (χ1n) is 13.4. The first kappa shape index (κ1) is 28.9. The molecular weight excluding hydrogens is 555 g/mol. The summed E-state index contributed by atoms with van der Waals surface area (Å²) in [6.45, 7) is 5.93. The molecule has 4 rings (SSSR count). The third-order valence-corrected chi connectivity index (χ3v) is 9.15. The zero-order valence-corrected chi connectivity index (χ0v) is 24.6. The van der Waals surface area contributed by atoms with E-state index >= 15 is 0 Å². The molecule has 0 bridgehead atoms. The van der Waals surface area contributed by atoms with Crippen LogP contribution in [0.3, 0.4) is 0 Å². The molecule has 3 aromatic rings. The van der Waals surface area contributed by atoms with Gasteiger partial charge < -0.3 is 0 Å². The van der Waals surface area contributed by atoms with Gasteiger partial charge in [0.15, 0.2) is 0 Å². The van der Waals surface area contributed by atoms with Crippen LogP contribution in [-0.4, -0.2) is 61.2 Å². The van der Waals surface area contributed by atoms with Crippen molar-refractivity contribution >= 4 is 27.0 Å². The van der Waals surface area contributed by atoms with Gasteiger partial charge in [-0.3, -0.25) is 0 Å². The molecule has 0 spiro atoms. The van der Waals surface area contributed by atoms with Gasteiger partial charge in [0.2, 0.25) is 0 Å². The number of carbonyl (C=O) groups is 2. The fraction of sp³-hybridized carbons (Fsp3) is 0.375. The summed E-state index contributed by atoms with van der Waals surface area (Å²) < 4.78 is 5.59. The molecule has 0 unspecified atom stereocenters. The predicted octanol–water partition coefficient (Wildman–Crippen LogP) is 5.13. The molecular formula is C32H38N2O4Se. The number of ether oxygens (including phenoxy) is 1. The zero-order valence-electron chi connectivity index (χ0n) is 22.9. The molecule has 0 radical (unpaired) electrons. The van der Waals surface area contributed by atoms with Crippen molar-refractivity contribution in [3.63, 3.8) is 0 Å². The van der Waals surface area contributed by atoms with Crippen LogP contribution in [-0.2, 0) is 20.5 Å². The monoisotopic (exact) mass is 594 g/mol. The number of hydrogen-bond donors (Lipinski definition) is 2. The van der Waals surface area contributed by atoms with Crippen LogP contribution in [0, 0.1) is 0 Å². The van der Waals surface area contributed by atoms with E-state index in [4.69, 9.17) is 4.74 Å². The van der Waals surface area contributed by atoms with E-state index in [0.29, 0.717) is 29.4 Å². The number of likely N-dealkylation sites (tertiary alicyclic amines) is 1. The van der Waals surface area contributed by atoms with Crippen LogP contribution >= 0.6 is 0 Å². The summed E-state index contributed by atoms with van der Waals surface area (Å²) in [7, 11) is 0. The van der Waals surface area contributed by atoms with Crippen molar-refractivity contribution in [1.29, 1.82) is 0 Å². The van der Waals surface area contributed by atoms with Gasteiger partial charge in [0.05, 0.1) is 0 Å². The van der Waals surface area contributed by atoms with Crippen molar-refractivity contribution in [2.75, 3.05) is 6.54 Å². The van der Waals surface area contributed by atoms with Gasteiger partial charge in [0, 0.05) is 0 Å². The predicted molar refractivity (Wildman–Crippen MR) is 154 cm³/mol. The Morgan fingerprint density at radius 3 is 2.03 bits per heavy atom. The molecule has 39 heavy (non-hydrogen) atoms. The maximum atomic E-state index is 13.8. The molecule has 1 fully saturated rings. The van der Waals surface area contributed by atoms with Crippen molar-refractivity contribution in [2.24, 2.45) is 0 Å². The van der Waals surface area contributed by atoms with Gasteiger partial charge in [0.1, 0.15) is 0 Å². The molecule has 1 heterocycles. The van der Waals surface area contributed by atoms with Crippen molar-refractivity contribution in [3.8, 4) is 0 Å². The van der Waals surface area contributed by atoms with Crippen LogP contribution in [0.2, 0.25) is 5.32 Å². The second-order valence-electron chi connectivity index (χ2n) is 10.9. The Hall–Kier alpha value is -3.12. The molecule has 0 saturated carbocycles. The molecule has 206 valence electrons. The zero-order chi connectivity index (χ0) is 27.9. The summed E-state index contributed by atoms with van der Waals surface area (Å²) in [5.74, 6) is -0.260. The number of amides is 2. The Kier molecular flexibility index (Phi) is 9.49. The van der Waals surface area contributed by atoms with Crippen molar-refractivity contribution in [3.05, 3.63) is 108 Å². The van der Waals surface area contributed by atoms with E-state index in [2.05, 4.69) is 17.4 Å². The van der Waals surface area contributed by atoms with Gasteiger partial charge in [-0.15, -0.1) is 0 Å². The fourth-order valence-corrected chi connectivity index (χ4v) is 7.26. The molecule has 6 nitrogen and oxygen atoms in total. The van der Waals surface area contributed by atoms with E-state index in [1.807, 2.05) is 99.6 Å². The van der Waals surface area contributed by atoms with Gasteiger partial charge in [-0.1, -0.05) is 0 Å². The third kappa shape index (κ3) is 7.30. The van der Waals surface area contributed by atoms with Crippen LogP contribution in [0.5, 0.6) is 0 Å². The molecule has 0 aliphatic carbocycles. The quantitative estimate of drug-likeness (QED) is 0.338. The van der Waals surface area contributed by atoms with Gasteiger partial charge in [-0.05, 0) is 0 Å². The van der Waals surface area contributed by atoms with Gasteiger partial charge in [0.25, 0.3) is 0 Å². The van der Waals surface area contributed by atoms with E-state index in [0.717, 1.165) is 11.7 Å². The number of benzene rings is 3. The number of aliphatic hydroxyl groups is 1. The first-order chi connectivity index (χ1) is 18.7.